The van der Waals surface area contributed by atoms with E-state index in [1.54, 1.807) is 13.0 Å². The van der Waals surface area contributed by atoms with Gasteiger partial charge in [0.2, 0.25) is 5.91 Å². The molecule has 1 aromatic heterocycles. The van der Waals surface area contributed by atoms with E-state index in [-0.39, 0.29) is 18.0 Å². The van der Waals surface area contributed by atoms with E-state index in [4.69, 9.17) is 11.6 Å². The van der Waals surface area contributed by atoms with Crippen LogP contribution in [0.15, 0.2) is 12.4 Å². The molecular formula is C12H17ClN4O. The highest BCUT2D eigenvalue weighted by atomic mass is 35.5. The number of nitrogens with zero attached hydrogens (tertiary/aromatic N) is 4. The predicted molar refractivity (Wildman–Crippen MR) is 70.7 cm³/mol. The molecule has 5 nitrogen and oxygen atoms in total. The van der Waals surface area contributed by atoms with Crippen LogP contribution in [0.5, 0.6) is 0 Å². The van der Waals surface area contributed by atoms with E-state index < -0.39 is 0 Å². The molecule has 2 rings (SSSR count). The quantitative estimate of drug-likeness (QED) is 0.726. The van der Waals surface area contributed by atoms with Gasteiger partial charge in [0.25, 0.3) is 0 Å². The molecule has 0 spiro atoms. The average Bonchev–Trinajstić information content (AvgIpc) is 2.27. The van der Waals surface area contributed by atoms with Crippen LogP contribution >= 0.6 is 11.6 Å². The van der Waals surface area contributed by atoms with Gasteiger partial charge in [0, 0.05) is 38.2 Å². The molecule has 1 aromatic rings. The van der Waals surface area contributed by atoms with Gasteiger partial charge in [-0.2, -0.15) is 0 Å². The summed E-state index contributed by atoms with van der Waals surface area (Å²) in [6.45, 7) is 7.23. The number of piperazine rings is 1. The summed E-state index contributed by atoms with van der Waals surface area (Å²) < 4.78 is 0. The monoisotopic (exact) mass is 268 g/mol. The second-order valence-electron chi connectivity index (χ2n) is 4.73. The summed E-state index contributed by atoms with van der Waals surface area (Å²) in [5.41, 5.74) is 0. The van der Waals surface area contributed by atoms with Crippen molar-refractivity contribution in [2.45, 2.75) is 32.9 Å². The third kappa shape index (κ3) is 2.56. The van der Waals surface area contributed by atoms with Crippen molar-refractivity contribution in [3.8, 4) is 0 Å². The van der Waals surface area contributed by atoms with E-state index >= 15 is 0 Å². The van der Waals surface area contributed by atoms with Crippen LogP contribution < -0.4 is 4.90 Å². The maximum Gasteiger partial charge on any atom is 0.220 e. The maximum atomic E-state index is 11.6. The molecule has 0 unspecified atom stereocenters. The Balaban J connectivity index is 2.17. The molecule has 1 aliphatic rings. The molecule has 1 amide bonds. The Kier molecular flexibility index (Phi) is 3.71. The molecule has 0 saturated carbocycles. The van der Waals surface area contributed by atoms with Crippen LogP contribution in [0.2, 0.25) is 5.15 Å². The predicted octanol–water partition coefficient (Wildman–Crippen LogP) is 1.58. The van der Waals surface area contributed by atoms with Crippen molar-refractivity contribution in [1.82, 2.24) is 14.9 Å². The van der Waals surface area contributed by atoms with Crippen LogP contribution in [0.1, 0.15) is 20.8 Å². The lowest BCUT2D eigenvalue weighted by atomic mass is 10.1. The lowest BCUT2D eigenvalue weighted by Gasteiger charge is -2.44. The minimum Gasteiger partial charge on any atom is -0.352 e. The Bertz CT molecular complexity index is 441. The number of hydrogen-bond donors (Lipinski definition) is 0. The molecule has 0 N–H and O–H groups in total. The second-order valence-corrected chi connectivity index (χ2v) is 5.12. The Morgan fingerprint density at radius 3 is 2.44 bits per heavy atom. The highest BCUT2D eigenvalue weighted by molar-refractivity contribution is 6.29. The summed E-state index contributed by atoms with van der Waals surface area (Å²) in [5.74, 6) is 0.937. The van der Waals surface area contributed by atoms with Crippen molar-refractivity contribution < 1.29 is 4.79 Å². The highest BCUT2D eigenvalue weighted by Crippen LogP contribution is 2.22. The molecule has 1 aliphatic heterocycles. The van der Waals surface area contributed by atoms with E-state index in [0.29, 0.717) is 5.15 Å². The smallest absolute Gasteiger partial charge is 0.220 e. The molecule has 1 saturated heterocycles. The number of amides is 1. The fourth-order valence-corrected chi connectivity index (χ4v) is 2.77. The molecule has 0 aliphatic carbocycles. The zero-order valence-corrected chi connectivity index (χ0v) is 11.6. The molecule has 6 heteroatoms. The van der Waals surface area contributed by atoms with Crippen LogP contribution in [-0.2, 0) is 4.79 Å². The molecule has 0 bridgehead atoms. The standard InChI is InChI=1S/C12H17ClN4O/c1-8-5-16(6-9(2)17(8)10(3)18)12-4-11(13)14-7-15-12/h4,7-9H,5-6H2,1-3H3/t8-,9+. The summed E-state index contributed by atoms with van der Waals surface area (Å²) in [6.07, 6.45) is 1.46. The van der Waals surface area contributed by atoms with Crippen molar-refractivity contribution in [1.29, 1.82) is 0 Å². The van der Waals surface area contributed by atoms with E-state index in [1.807, 2.05) is 18.7 Å². The number of anilines is 1. The topological polar surface area (TPSA) is 49.3 Å². The van der Waals surface area contributed by atoms with Gasteiger partial charge in [0.1, 0.15) is 17.3 Å². The van der Waals surface area contributed by atoms with Crippen molar-refractivity contribution >= 4 is 23.3 Å². The molecule has 0 radical (unpaired) electrons. The Morgan fingerprint density at radius 2 is 1.94 bits per heavy atom. The first-order chi connectivity index (χ1) is 8.49. The SMILES string of the molecule is CC(=O)N1[C@H](C)CN(c2cc(Cl)ncn2)C[C@@H]1C. The molecule has 2 heterocycles. The van der Waals surface area contributed by atoms with Gasteiger partial charge in [0.05, 0.1) is 0 Å². The van der Waals surface area contributed by atoms with Gasteiger partial charge in [-0.25, -0.2) is 9.97 Å². The number of hydrogen-bond acceptors (Lipinski definition) is 4. The molecule has 1 fully saturated rings. The van der Waals surface area contributed by atoms with E-state index in [2.05, 4.69) is 14.9 Å². The van der Waals surface area contributed by atoms with Gasteiger partial charge in [-0.05, 0) is 13.8 Å². The van der Waals surface area contributed by atoms with E-state index in [0.717, 1.165) is 18.9 Å². The first-order valence-electron chi connectivity index (χ1n) is 6.00. The average molecular weight is 269 g/mol. The van der Waals surface area contributed by atoms with Gasteiger partial charge in [0.15, 0.2) is 0 Å². The first-order valence-corrected chi connectivity index (χ1v) is 6.38. The summed E-state index contributed by atoms with van der Waals surface area (Å²) >= 11 is 5.87. The minimum absolute atomic E-state index is 0.121. The van der Waals surface area contributed by atoms with E-state index in [9.17, 15) is 4.79 Å². The summed E-state index contributed by atoms with van der Waals surface area (Å²) in [7, 11) is 0. The lowest BCUT2D eigenvalue weighted by molar-refractivity contribution is -0.133. The van der Waals surface area contributed by atoms with Crippen molar-refractivity contribution in [3.63, 3.8) is 0 Å². The van der Waals surface area contributed by atoms with Gasteiger partial charge in [-0.1, -0.05) is 11.6 Å². The van der Waals surface area contributed by atoms with Crippen LogP contribution in [0.4, 0.5) is 5.82 Å². The minimum atomic E-state index is 0.121. The third-order valence-electron chi connectivity index (χ3n) is 3.23. The number of aromatic nitrogens is 2. The molecule has 0 aromatic carbocycles. The summed E-state index contributed by atoms with van der Waals surface area (Å²) in [4.78, 5) is 23.7. The Hall–Kier alpha value is -1.36. The number of carbonyl (C=O) groups excluding carboxylic acids is 1. The Morgan fingerprint density at radius 1 is 1.33 bits per heavy atom. The van der Waals surface area contributed by atoms with Crippen LogP contribution in [0, 0.1) is 0 Å². The van der Waals surface area contributed by atoms with Crippen molar-refractivity contribution in [3.05, 3.63) is 17.5 Å². The van der Waals surface area contributed by atoms with Crippen molar-refractivity contribution in [2.24, 2.45) is 0 Å². The largest absolute Gasteiger partial charge is 0.352 e. The first kappa shape index (κ1) is 13.1. The lowest BCUT2D eigenvalue weighted by Crippen LogP contribution is -2.58. The van der Waals surface area contributed by atoms with Crippen LogP contribution in [0.3, 0.4) is 0 Å². The number of halogens is 1. The van der Waals surface area contributed by atoms with Gasteiger partial charge in [-0.15, -0.1) is 0 Å². The molecule has 18 heavy (non-hydrogen) atoms. The molecular weight excluding hydrogens is 252 g/mol. The van der Waals surface area contributed by atoms with E-state index in [1.165, 1.54) is 6.33 Å². The normalized spacial score (nSPS) is 24.2. The van der Waals surface area contributed by atoms with Crippen molar-refractivity contribution in [2.75, 3.05) is 18.0 Å². The molecule has 2 atom stereocenters. The molecule has 98 valence electrons. The van der Waals surface area contributed by atoms with Gasteiger partial charge >= 0.3 is 0 Å². The maximum absolute atomic E-state index is 11.6. The Labute approximate surface area is 112 Å². The number of rotatable bonds is 1. The summed E-state index contributed by atoms with van der Waals surface area (Å²) in [5, 5.41) is 0.439. The number of carbonyl (C=O) groups is 1. The van der Waals surface area contributed by atoms with Crippen LogP contribution in [-0.4, -0.2) is 45.9 Å². The summed E-state index contributed by atoms with van der Waals surface area (Å²) in [6, 6.07) is 2.09. The fraction of sp³-hybridized carbons (Fsp3) is 0.583. The zero-order chi connectivity index (χ0) is 13.3. The fourth-order valence-electron chi connectivity index (χ4n) is 2.63. The van der Waals surface area contributed by atoms with Crippen LogP contribution in [0.25, 0.3) is 0 Å². The highest BCUT2D eigenvalue weighted by Gasteiger charge is 2.31. The zero-order valence-electron chi connectivity index (χ0n) is 10.8. The second kappa shape index (κ2) is 5.10. The van der Waals surface area contributed by atoms with Gasteiger partial charge < -0.3 is 9.80 Å². The third-order valence-corrected chi connectivity index (χ3v) is 3.43. The van der Waals surface area contributed by atoms with Gasteiger partial charge in [-0.3, -0.25) is 4.79 Å².